The van der Waals surface area contributed by atoms with Crippen molar-refractivity contribution in [2.24, 2.45) is 4.99 Å². The number of hydrogen-bond acceptors (Lipinski definition) is 3. The molecule has 1 aromatic heterocycles. The zero-order chi connectivity index (χ0) is 16.2. The number of hydrogen-bond donors (Lipinski definition) is 0. The van der Waals surface area contributed by atoms with Crippen molar-refractivity contribution in [3.8, 4) is 6.07 Å². The van der Waals surface area contributed by atoms with Crippen molar-refractivity contribution in [1.29, 1.82) is 5.26 Å². The van der Waals surface area contributed by atoms with E-state index in [-0.39, 0.29) is 0 Å². The molecule has 0 spiro atoms. The predicted octanol–water partition coefficient (Wildman–Crippen LogP) is 4.25. The van der Waals surface area contributed by atoms with Crippen LogP contribution in [0.3, 0.4) is 0 Å². The number of rotatable bonds is 4. The summed E-state index contributed by atoms with van der Waals surface area (Å²) in [6, 6.07) is 19.7. The monoisotopic (exact) mass is 559 g/mol. The Morgan fingerprint density at radius 3 is 2.74 bits per heavy atom. The van der Waals surface area contributed by atoms with Gasteiger partial charge in [0, 0.05) is 0 Å². The van der Waals surface area contributed by atoms with Crippen LogP contribution in [0.2, 0.25) is 0 Å². The Morgan fingerprint density at radius 2 is 2.00 bits per heavy atom. The molecule has 5 heteroatoms. The summed E-state index contributed by atoms with van der Waals surface area (Å²) >= 11 is 4.25. The van der Waals surface area contributed by atoms with Gasteiger partial charge in [-0.05, 0) is 0 Å². The van der Waals surface area contributed by atoms with E-state index < -0.39 is 6.04 Å². The molecule has 0 saturated heterocycles. The maximum absolute atomic E-state index is 9.41. The van der Waals surface area contributed by atoms with E-state index in [0.717, 1.165) is 55.8 Å². The summed E-state index contributed by atoms with van der Waals surface area (Å²) in [6.45, 7) is 0. The van der Waals surface area contributed by atoms with Crippen LogP contribution < -0.4 is 0 Å². The summed E-state index contributed by atoms with van der Waals surface area (Å²) in [5.41, 5.74) is 1.92. The molecule has 3 nitrogen and oxygen atoms in total. The average Bonchev–Trinajstić information content (AvgIpc) is 2.96. The van der Waals surface area contributed by atoms with Gasteiger partial charge in [0.15, 0.2) is 0 Å². The first-order valence-corrected chi connectivity index (χ1v) is 9.82. The second-order valence-electron chi connectivity index (χ2n) is 5.09. The molecule has 0 aliphatic heterocycles. The molecule has 3 radical (unpaired) electrons. The fraction of sp³-hybridized carbons (Fsp3) is 0.111. The summed E-state index contributed by atoms with van der Waals surface area (Å²) in [5.74, 6) is 0.788. The molecule has 23 heavy (non-hydrogen) atoms. The molecule has 1 heterocycles. The van der Waals surface area contributed by atoms with Crippen LogP contribution in [-0.4, -0.2) is 35.1 Å². The van der Waals surface area contributed by atoms with Crippen LogP contribution in [0.25, 0.3) is 11.0 Å². The molecule has 0 saturated carbocycles. The van der Waals surface area contributed by atoms with Crippen LogP contribution in [0, 0.1) is 11.3 Å². The van der Waals surface area contributed by atoms with E-state index in [1.54, 1.807) is 0 Å². The number of fused-ring (bicyclic) bond motifs is 1. The van der Waals surface area contributed by atoms with Crippen molar-refractivity contribution in [2.75, 3.05) is 0 Å². The standard InChI is InChI=1S/C18H12BrN2O.Pb/c19-15-6-7-18-14(8-15)9-17(22-18)10-16(11-20)21-12-13-4-2-1-3-5-13;/h1-9,16H,10H2;. The van der Waals surface area contributed by atoms with Crippen LogP contribution in [0.5, 0.6) is 0 Å². The van der Waals surface area contributed by atoms with Gasteiger partial charge in [0.2, 0.25) is 0 Å². The van der Waals surface area contributed by atoms with Gasteiger partial charge >= 0.3 is 160 Å². The van der Waals surface area contributed by atoms with E-state index in [1.165, 1.54) is 0 Å². The van der Waals surface area contributed by atoms with Gasteiger partial charge in [-0.3, -0.25) is 0 Å². The molecule has 0 N–H and O–H groups in total. The second kappa shape index (κ2) is 7.41. The van der Waals surface area contributed by atoms with Crippen molar-refractivity contribution < 1.29 is 4.42 Å². The number of nitrogens with zero attached hydrogens (tertiary/aromatic N) is 2. The van der Waals surface area contributed by atoms with Crippen LogP contribution in [0.1, 0.15) is 11.3 Å². The third-order valence-electron chi connectivity index (χ3n) is 3.41. The van der Waals surface area contributed by atoms with Gasteiger partial charge in [-0.2, -0.15) is 0 Å². The third kappa shape index (κ3) is 4.09. The molecule has 1 atom stereocenters. The first kappa shape index (κ1) is 16.4. The zero-order valence-corrected chi connectivity index (χ0v) is 17.6. The Balaban J connectivity index is 1.82. The summed E-state index contributed by atoms with van der Waals surface area (Å²) in [6.07, 6.45) is 0.487. The zero-order valence-electron chi connectivity index (χ0n) is 12.2. The molecule has 3 aromatic rings. The quantitative estimate of drug-likeness (QED) is 0.355. The molecule has 0 aliphatic rings. The molecule has 0 amide bonds. The number of halogens is 1. The topological polar surface area (TPSA) is 49.3 Å². The minimum absolute atomic E-state index is 0.424. The van der Waals surface area contributed by atoms with E-state index in [0.29, 0.717) is 6.42 Å². The molecule has 2 aromatic carbocycles. The molecule has 0 bridgehead atoms. The van der Waals surface area contributed by atoms with Crippen LogP contribution >= 0.6 is 15.9 Å². The van der Waals surface area contributed by atoms with Gasteiger partial charge in [-0.25, -0.2) is 0 Å². The number of furan rings is 1. The van der Waals surface area contributed by atoms with Crippen molar-refractivity contribution in [3.05, 3.63) is 70.4 Å². The van der Waals surface area contributed by atoms with Crippen molar-refractivity contribution in [2.45, 2.75) is 12.5 Å². The van der Waals surface area contributed by atoms with Gasteiger partial charge in [0.1, 0.15) is 0 Å². The summed E-state index contributed by atoms with van der Waals surface area (Å²) in [4.78, 5) is 4.60. The van der Waals surface area contributed by atoms with Gasteiger partial charge in [-0.1, -0.05) is 0 Å². The van der Waals surface area contributed by atoms with Crippen LogP contribution in [0.4, 0.5) is 0 Å². The SMILES string of the molecule is N#CC(Cc1cc2cc(Br)ccc2o1)N=[C]([Pb])c1ccccc1. The molecular weight excluding hydrogens is 547 g/mol. The number of benzene rings is 2. The predicted molar refractivity (Wildman–Crippen MR) is 95.8 cm³/mol. The normalized spacial score (nSPS) is 13.0. The first-order valence-electron chi connectivity index (χ1n) is 7.08. The molecule has 111 valence electrons. The Labute approximate surface area is 158 Å². The number of aliphatic imine (C=N–C) groups is 1. The maximum atomic E-state index is 9.41. The van der Waals surface area contributed by atoms with E-state index in [4.69, 9.17) is 4.42 Å². The Hall–Kier alpha value is -1.46. The Bertz CT molecular complexity index is 896. The van der Waals surface area contributed by atoms with E-state index in [2.05, 4.69) is 27.0 Å². The molecule has 1 unspecified atom stereocenters. The molecular formula is C18H12BrN2OPb. The fourth-order valence-electron chi connectivity index (χ4n) is 2.31. The van der Waals surface area contributed by atoms with Crippen LogP contribution in [-0.2, 0) is 6.42 Å². The third-order valence-corrected chi connectivity index (χ3v) is 5.52. The Kier molecular flexibility index (Phi) is 5.28. The Morgan fingerprint density at radius 1 is 1.22 bits per heavy atom. The van der Waals surface area contributed by atoms with Crippen molar-refractivity contribution in [3.63, 3.8) is 0 Å². The summed E-state index contributed by atoms with van der Waals surface area (Å²) in [7, 11) is 0. The first-order chi connectivity index (χ1) is 11.2. The van der Waals surface area contributed by atoms with E-state index >= 15 is 0 Å². The molecule has 3 rings (SSSR count). The van der Waals surface area contributed by atoms with Gasteiger partial charge < -0.3 is 0 Å². The minimum atomic E-state index is -0.424. The molecule has 0 fully saturated rings. The van der Waals surface area contributed by atoms with Gasteiger partial charge in [0.05, 0.1) is 0 Å². The van der Waals surface area contributed by atoms with E-state index in [9.17, 15) is 5.26 Å². The summed E-state index contributed by atoms with van der Waals surface area (Å²) < 4.78 is 7.82. The fourth-order valence-corrected chi connectivity index (χ4v) is 3.94. The van der Waals surface area contributed by atoms with Crippen molar-refractivity contribution in [1.82, 2.24) is 0 Å². The molecule has 0 aliphatic carbocycles. The summed E-state index contributed by atoms with van der Waals surface area (Å²) in [5, 5.41) is 10.4. The number of nitriles is 1. The van der Waals surface area contributed by atoms with Crippen molar-refractivity contribution >= 4 is 55.9 Å². The van der Waals surface area contributed by atoms with Gasteiger partial charge in [-0.15, -0.1) is 0 Å². The van der Waals surface area contributed by atoms with Gasteiger partial charge in [0.25, 0.3) is 0 Å². The second-order valence-corrected chi connectivity index (χ2v) is 7.84. The average molecular weight is 559 g/mol. The van der Waals surface area contributed by atoms with Crippen LogP contribution in [0.15, 0.2) is 68.5 Å². The van der Waals surface area contributed by atoms with E-state index in [1.807, 2.05) is 54.6 Å².